The number of hydrogen-bond donors (Lipinski definition) is 4. The molecule has 0 bridgehead atoms. The summed E-state index contributed by atoms with van der Waals surface area (Å²) in [4.78, 5) is 62.0. The second kappa shape index (κ2) is 33.1. The highest BCUT2D eigenvalue weighted by Gasteiger charge is 2.36. The number of aliphatic hydroxyl groups excluding tert-OH is 2. The van der Waals surface area contributed by atoms with E-state index in [9.17, 15) is 46.2 Å². The van der Waals surface area contributed by atoms with Crippen molar-refractivity contribution in [3.63, 3.8) is 0 Å². The molecule has 82 heavy (non-hydrogen) atoms. The Balaban J connectivity index is 0.000000242. The third-order valence-electron chi connectivity index (χ3n) is 13.0. The van der Waals surface area contributed by atoms with E-state index in [0.29, 0.717) is 75.1 Å². The van der Waals surface area contributed by atoms with Crippen LogP contribution in [0.1, 0.15) is 77.3 Å². The molecule has 7 rings (SSSR count). The summed E-state index contributed by atoms with van der Waals surface area (Å²) in [6, 6.07) is 29.2. The minimum atomic E-state index is -4.14. The second-order valence-corrected chi connectivity index (χ2v) is 23.0. The summed E-state index contributed by atoms with van der Waals surface area (Å²) in [6.45, 7) is 8.25. The van der Waals surface area contributed by atoms with Crippen LogP contribution >= 0.6 is 0 Å². The van der Waals surface area contributed by atoms with Crippen LogP contribution in [0.4, 0.5) is 9.59 Å². The van der Waals surface area contributed by atoms with Gasteiger partial charge in [-0.05, 0) is 99.2 Å². The highest BCUT2D eigenvalue weighted by Crippen LogP contribution is 2.25. The molecule has 24 nitrogen and oxygen atoms in total. The molecule has 0 aromatic heterocycles. The molecule has 5 N–H and O–H groups in total. The number of carbonyl (C=O) groups excluding carboxylic acids is 4. The maximum atomic E-state index is 13.5. The Morgan fingerprint density at radius 2 is 1.09 bits per heavy atom. The topological polar surface area (TPSA) is 308 Å². The molecule has 26 heteroatoms. The van der Waals surface area contributed by atoms with Crippen molar-refractivity contribution >= 4 is 44.1 Å². The lowest BCUT2D eigenvalue weighted by molar-refractivity contribution is -0.178. The zero-order valence-electron chi connectivity index (χ0n) is 47.0. The first kappa shape index (κ1) is 66.5. The fraction of sp³-hybridized carbons (Fsp3) is 0.500. The summed E-state index contributed by atoms with van der Waals surface area (Å²) < 4.78 is 85.5. The number of amides is 3. The van der Waals surface area contributed by atoms with Gasteiger partial charge in [-0.2, -0.15) is 0 Å². The first-order chi connectivity index (χ1) is 39.2. The fourth-order valence-electron chi connectivity index (χ4n) is 7.86. The molecular weight excluding hydrogens is 1110 g/mol. The number of aliphatic hydroxyl groups is 2. The zero-order chi connectivity index (χ0) is 59.8. The van der Waals surface area contributed by atoms with Crippen molar-refractivity contribution in [2.75, 3.05) is 53.7 Å². The second-order valence-electron chi connectivity index (χ2n) is 19.3. The van der Waals surface area contributed by atoms with Gasteiger partial charge in [0.15, 0.2) is 0 Å². The summed E-state index contributed by atoms with van der Waals surface area (Å²) in [5, 5.41) is 25.0. The molecule has 4 aromatic rings. The van der Waals surface area contributed by atoms with Crippen molar-refractivity contribution in [3.8, 4) is 11.5 Å². The number of nitrogens with zero attached hydrogens (tertiary/aromatic N) is 3. The highest BCUT2D eigenvalue weighted by atomic mass is 32.2. The van der Waals surface area contributed by atoms with Gasteiger partial charge in [0.05, 0.1) is 94.0 Å². The summed E-state index contributed by atoms with van der Waals surface area (Å²) in [5.41, 5.74) is 7.95. The Hall–Kier alpha value is -6.30. The maximum absolute atomic E-state index is 13.5. The largest absolute Gasteiger partial charge is 0.534 e. The smallest absolute Gasteiger partial charge is 0.497 e. The van der Waals surface area contributed by atoms with Crippen LogP contribution in [-0.2, 0) is 75.9 Å². The first-order valence-electron chi connectivity index (χ1n) is 26.9. The van der Waals surface area contributed by atoms with Gasteiger partial charge in [-0.3, -0.25) is 24.1 Å². The zero-order valence-corrected chi connectivity index (χ0v) is 48.6. The maximum Gasteiger partial charge on any atom is 0.534 e. The van der Waals surface area contributed by atoms with Gasteiger partial charge in [-0.15, -0.1) is 0 Å². The SMILES string of the molecule is CCC(C)ON(CC(O)C(Cc1ccccc1)NC(=O)OC1CCOC1)S(=O)(=O)c1ccc(OC)cc1.CCC(C)ON(CC(O)C(N)Cc1ccccc1)S(=O)(=O)c1ccc(OC)cc1.O=C(OC1CCOC1)ON1C(=O)CCC1=O. The van der Waals surface area contributed by atoms with Crippen molar-refractivity contribution in [1.82, 2.24) is 19.3 Å². The van der Waals surface area contributed by atoms with Crippen molar-refractivity contribution in [2.45, 2.75) is 138 Å². The normalized spacial score (nSPS) is 18.5. The van der Waals surface area contributed by atoms with Gasteiger partial charge in [0.1, 0.15) is 23.7 Å². The molecule has 8 unspecified atom stereocenters. The van der Waals surface area contributed by atoms with E-state index in [2.05, 4.69) is 10.2 Å². The van der Waals surface area contributed by atoms with Crippen LogP contribution in [0, 0.1) is 0 Å². The van der Waals surface area contributed by atoms with Gasteiger partial charge in [0, 0.05) is 31.7 Å². The molecule has 3 amide bonds. The highest BCUT2D eigenvalue weighted by molar-refractivity contribution is 7.89. The summed E-state index contributed by atoms with van der Waals surface area (Å²) in [7, 11) is -5.14. The molecule has 452 valence electrons. The average molecular weight is 1190 g/mol. The lowest BCUT2D eigenvalue weighted by Gasteiger charge is -2.30. The van der Waals surface area contributed by atoms with Crippen LogP contribution in [0.25, 0.3) is 0 Å². The predicted octanol–water partition coefficient (Wildman–Crippen LogP) is 5.24. The number of sulfonamides is 2. The van der Waals surface area contributed by atoms with Gasteiger partial charge in [0.2, 0.25) is 0 Å². The quantitative estimate of drug-likeness (QED) is 0.0355. The van der Waals surface area contributed by atoms with E-state index in [1.807, 2.05) is 74.5 Å². The van der Waals surface area contributed by atoms with E-state index in [-0.39, 0.29) is 53.9 Å². The lowest BCUT2D eigenvalue weighted by atomic mass is 10.0. The minimum Gasteiger partial charge on any atom is -0.497 e. The number of hydrogen-bond acceptors (Lipinski definition) is 20. The molecule has 4 aromatic carbocycles. The standard InChI is InChI=1S/C26H36N2O8S.C21H30N2O5S.C9H11NO6/c1-4-19(2)36-28(37(31,32)23-12-10-21(33-3)11-13-23)17-25(29)24(16-20-8-6-5-7-9-20)27-26(30)35-22-14-15-34-18-22;1-4-16(2)28-23(29(25,26)19-12-10-18(27-3)11-13-19)15-21(24)20(22)14-17-8-6-5-7-9-17;11-7-1-2-8(12)10(7)16-9(13)15-6-3-4-14-5-6/h5-13,19,22,24-25,29H,4,14-18H2,1-3H3,(H,27,30);5-13,16,20-21,24H,4,14-15,22H2,1-3H3;6H,1-5H2. The summed E-state index contributed by atoms with van der Waals surface area (Å²) >= 11 is 0. The number of nitrogens with two attached hydrogens (primary N) is 1. The Labute approximate surface area is 479 Å². The number of hydroxylamine groups is 4. The van der Waals surface area contributed by atoms with Gasteiger partial charge in [0.25, 0.3) is 31.9 Å². The number of alkyl carbamates (subject to hydrolysis) is 1. The molecule has 3 fully saturated rings. The first-order valence-corrected chi connectivity index (χ1v) is 29.8. The van der Waals surface area contributed by atoms with Crippen LogP contribution in [0.3, 0.4) is 0 Å². The molecule has 3 heterocycles. The van der Waals surface area contributed by atoms with Crippen molar-refractivity contribution < 1.29 is 89.2 Å². The van der Waals surface area contributed by atoms with Crippen LogP contribution < -0.4 is 20.5 Å². The van der Waals surface area contributed by atoms with Gasteiger partial charge in [-0.25, -0.2) is 26.4 Å². The van der Waals surface area contributed by atoms with E-state index in [4.69, 9.17) is 43.8 Å². The number of ether oxygens (including phenoxy) is 6. The molecule has 0 radical (unpaired) electrons. The molecule has 0 saturated carbocycles. The van der Waals surface area contributed by atoms with Crippen molar-refractivity contribution in [1.29, 1.82) is 0 Å². The molecule has 3 aliphatic rings. The van der Waals surface area contributed by atoms with E-state index in [1.165, 1.54) is 50.6 Å². The lowest BCUT2D eigenvalue weighted by Crippen LogP contribution is -2.51. The third-order valence-corrected chi connectivity index (χ3v) is 16.3. The van der Waals surface area contributed by atoms with Crippen LogP contribution in [0.5, 0.6) is 11.5 Å². The van der Waals surface area contributed by atoms with E-state index >= 15 is 0 Å². The molecule has 3 saturated heterocycles. The molecular formula is C56H77N5O19S2. The summed E-state index contributed by atoms with van der Waals surface area (Å²) in [5.74, 6) is 0.00388. The van der Waals surface area contributed by atoms with Gasteiger partial charge in [-0.1, -0.05) is 88.5 Å². The molecule has 0 spiro atoms. The van der Waals surface area contributed by atoms with E-state index < -0.39 is 81.0 Å². The number of rotatable bonds is 26. The van der Waals surface area contributed by atoms with Crippen LogP contribution in [0.2, 0.25) is 0 Å². The average Bonchev–Trinajstić information content (AvgIpc) is 4.37. The van der Waals surface area contributed by atoms with E-state index in [0.717, 1.165) is 20.1 Å². The molecule has 0 aliphatic carbocycles. The summed E-state index contributed by atoms with van der Waals surface area (Å²) in [6.07, 6.45) is -2.53. The third kappa shape index (κ3) is 20.8. The number of imide groups is 1. The number of methoxy groups -OCH3 is 2. The Bertz CT molecular complexity index is 2790. The van der Waals surface area contributed by atoms with Crippen molar-refractivity contribution in [2.24, 2.45) is 5.73 Å². The van der Waals surface area contributed by atoms with Crippen LogP contribution in [-0.4, -0.2) is 168 Å². The number of carbonyl (C=O) groups is 4. The Morgan fingerprint density at radius 1 is 0.659 bits per heavy atom. The monoisotopic (exact) mass is 1190 g/mol. The number of nitrogens with one attached hydrogen (secondary N) is 1. The van der Waals surface area contributed by atoms with Crippen LogP contribution in [0.15, 0.2) is 119 Å². The fourth-order valence-corrected chi connectivity index (χ4v) is 10.5. The molecule has 3 aliphatic heterocycles. The Morgan fingerprint density at radius 3 is 1.50 bits per heavy atom. The van der Waals surface area contributed by atoms with Gasteiger partial charge < -0.3 is 49.7 Å². The predicted molar refractivity (Wildman–Crippen MR) is 296 cm³/mol. The number of benzene rings is 4. The Kier molecular flexibility index (Phi) is 26.9. The van der Waals surface area contributed by atoms with E-state index in [1.54, 1.807) is 26.0 Å². The molecule has 8 atom stereocenters. The van der Waals surface area contributed by atoms with Crippen molar-refractivity contribution in [3.05, 3.63) is 120 Å². The van der Waals surface area contributed by atoms with Gasteiger partial charge >= 0.3 is 12.2 Å². The minimum absolute atomic E-state index is 0.0167.